The van der Waals surface area contributed by atoms with E-state index < -0.39 is 25.4 Å². The molecule has 0 aliphatic rings. The number of benzene rings is 1. The first kappa shape index (κ1) is 21.4. The van der Waals surface area contributed by atoms with Gasteiger partial charge in [0, 0.05) is 10.7 Å². The Kier molecular flexibility index (Phi) is 8.92. The van der Waals surface area contributed by atoms with Gasteiger partial charge >= 0.3 is 19.6 Å². The van der Waals surface area contributed by atoms with Crippen molar-refractivity contribution >= 4 is 36.9 Å². The van der Waals surface area contributed by atoms with Crippen molar-refractivity contribution in [1.29, 1.82) is 0 Å². The first-order valence-electron chi connectivity index (χ1n) is 7.74. The lowest BCUT2D eigenvalue weighted by atomic mass is 10.3. The quantitative estimate of drug-likeness (QED) is 0.491. The van der Waals surface area contributed by atoms with Crippen LogP contribution in [0.15, 0.2) is 24.3 Å². The molecule has 140 valence electrons. The van der Waals surface area contributed by atoms with Gasteiger partial charge in [-0.05, 0) is 45.0 Å². The molecule has 0 fully saturated rings. The molecule has 25 heavy (non-hydrogen) atoms. The van der Waals surface area contributed by atoms with Crippen LogP contribution in [0.2, 0.25) is 5.02 Å². The smallest absolute Gasteiger partial charge is 0.364 e. The van der Waals surface area contributed by atoms with Gasteiger partial charge in [-0.25, -0.2) is 9.59 Å². The van der Waals surface area contributed by atoms with E-state index in [9.17, 15) is 14.2 Å². The molecule has 0 saturated heterocycles. The Morgan fingerprint density at radius 1 is 1.08 bits per heavy atom. The van der Waals surface area contributed by atoms with Gasteiger partial charge in [0.15, 0.2) is 0 Å². The number of ether oxygens (including phenoxy) is 1. The largest absolute Gasteiger partial charge is 0.464 e. The number of rotatable bonds is 9. The fourth-order valence-electron chi connectivity index (χ4n) is 1.86. The number of carbonyl (C=O) groups is 2. The number of halogens is 1. The zero-order valence-corrected chi connectivity index (χ0v) is 15.9. The van der Waals surface area contributed by atoms with Gasteiger partial charge in [-0.15, -0.1) is 0 Å². The van der Waals surface area contributed by atoms with Gasteiger partial charge in [-0.1, -0.05) is 11.6 Å². The molecule has 0 bridgehead atoms. The van der Waals surface area contributed by atoms with E-state index in [0.29, 0.717) is 10.7 Å². The summed E-state index contributed by atoms with van der Waals surface area (Å²) in [6.07, 6.45) is 0. The Bertz CT molecular complexity index is 615. The van der Waals surface area contributed by atoms with Crippen molar-refractivity contribution in [2.24, 2.45) is 0 Å². The number of hydrogen-bond acceptors (Lipinski definition) is 6. The minimum absolute atomic E-state index is 0.0354. The third kappa shape index (κ3) is 6.66. The van der Waals surface area contributed by atoms with Gasteiger partial charge in [0.25, 0.3) is 0 Å². The molecular weight excluding hydrogens is 371 g/mol. The summed E-state index contributed by atoms with van der Waals surface area (Å²) in [5.74, 6) is -2.49. The number of anilines is 1. The second-order valence-corrected chi connectivity index (χ2v) is 7.18. The van der Waals surface area contributed by atoms with Crippen molar-refractivity contribution in [3.05, 3.63) is 29.3 Å². The predicted octanol–water partition coefficient (Wildman–Crippen LogP) is 3.62. The van der Waals surface area contributed by atoms with Gasteiger partial charge in [0.2, 0.25) is 5.78 Å². The average molecular weight is 393 g/mol. The second-order valence-electron chi connectivity index (χ2n) is 4.64. The number of urea groups is 1. The van der Waals surface area contributed by atoms with Crippen molar-refractivity contribution in [1.82, 2.24) is 5.32 Å². The maximum Gasteiger partial charge on any atom is 0.364 e. The molecule has 8 nitrogen and oxygen atoms in total. The molecule has 1 unspecified atom stereocenters. The summed E-state index contributed by atoms with van der Waals surface area (Å²) in [6, 6.07) is 5.56. The standard InChI is InChI=1S/C15H22ClN2O6P/c1-4-22-14(19)13(25(21,23-5-2)24-6-3)18-15(20)17-12-9-7-11(16)8-10-12/h7-10,13H,4-6H2,1-3H3,(H2,17,18,20). The van der Waals surface area contributed by atoms with Gasteiger partial charge in [-0.3, -0.25) is 4.57 Å². The van der Waals surface area contributed by atoms with E-state index in [4.69, 9.17) is 25.4 Å². The summed E-state index contributed by atoms with van der Waals surface area (Å²) in [7, 11) is -3.95. The molecule has 1 rings (SSSR count). The van der Waals surface area contributed by atoms with Crippen molar-refractivity contribution in [3.63, 3.8) is 0 Å². The molecule has 0 spiro atoms. The van der Waals surface area contributed by atoms with Crippen LogP contribution in [0.4, 0.5) is 10.5 Å². The average Bonchev–Trinajstić information content (AvgIpc) is 2.55. The van der Waals surface area contributed by atoms with E-state index >= 15 is 0 Å². The normalized spacial score (nSPS) is 12.3. The van der Waals surface area contributed by atoms with Crippen LogP contribution in [-0.4, -0.2) is 37.6 Å². The summed E-state index contributed by atoms with van der Waals surface area (Å²) in [4.78, 5) is 24.3. The van der Waals surface area contributed by atoms with Crippen LogP contribution in [-0.2, 0) is 23.1 Å². The molecule has 0 aliphatic carbocycles. The molecule has 2 N–H and O–H groups in total. The number of amides is 2. The monoisotopic (exact) mass is 392 g/mol. The number of hydrogen-bond donors (Lipinski definition) is 2. The lowest BCUT2D eigenvalue weighted by molar-refractivity contribution is -0.143. The zero-order valence-electron chi connectivity index (χ0n) is 14.3. The molecule has 10 heteroatoms. The van der Waals surface area contributed by atoms with Crippen LogP contribution in [0.5, 0.6) is 0 Å². The molecular formula is C15H22ClN2O6P. The minimum Gasteiger partial charge on any atom is -0.464 e. The topological polar surface area (TPSA) is 103 Å². The van der Waals surface area contributed by atoms with Crippen molar-refractivity contribution < 1.29 is 27.9 Å². The lowest BCUT2D eigenvalue weighted by Crippen LogP contribution is -2.44. The van der Waals surface area contributed by atoms with Gasteiger partial charge in [0.05, 0.1) is 19.8 Å². The molecule has 0 saturated carbocycles. The van der Waals surface area contributed by atoms with E-state index in [-0.39, 0.29) is 19.8 Å². The summed E-state index contributed by atoms with van der Waals surface area (Å²) >= 11 is 5.78. The van der Waals surface area contributed by atoms with Crippen LogP contribution < -0.4 is 10.6 Å². The molecule has 0 aromatic heterocycles. The first-order valence-corrected chi connectivity index (χ1v) is 9.73. The molecule has 0 heterocycles. The number of esters is 1. The van der Waals surface area contributed by atoms with Gasteiger partial charge in [-0.2, -0.15) is 0 Å². The minimum atomic E-state index is -3.95. The highest BCUT2D eigenvalue weighted by atomic mass is 35.5. The Labute approximate surface area is 151 Å². The maximum absolute atomic E-state index is 12.9. The second kappa shape index (κ2) is 10.4. The highest BCUT2D eigenvalue weighted by molar-refractivity contribution is 7.55. The highest BCUT2D eigenvalue weighted by Crippen LogP contribution is 2.52. The van der Waals surface area contributed by atoms with Crippen LogP contribution >= 0.6 is 19.2 Å². The van der Waals surface area contributed by atoms with E-state index in [1.807, 2.05) is 0 Å². The summed E-state index contributed by atoms with van der Waals surface area (Å²) in [6.45, 7) is 4.91. The fourth-order valence-corrected chi connectivity index (χ4v) is 3.69. The SMILES string of the molecule is CCOC(=O)C(NC(=O)Nc1ccc(Cl)cc1)P(=O)(OCC)OCC. The van der Waals surface area contributed by atoms with Crippen LogP contribution in [0, 0.1) is 0 Å². The van der Waals surface area contributed by atoms with Crippen molar-refractivity contribution in [2.45, 2.75) is 26.6 Å². The lowest BCUT2D eigenvalue weighted by Gasteiger charge is -2.25. The van der Waals surface area contributed by atoms with Gasteiger partial charge in [0.1, 0.15) is 0 Å². The van der Waals surface area contributed by atoms with Gasteiger partial charge < -0.3 is 24.4 Å². The Morgan fingerprint density at radius 3 is 2.12 bits per heavy atom. The highest BCUT2D eigenvalue weighted by Gasteiger charge is 2.43. The van der Waals surface area contributed by atoms with Crippen LogP contribution in [0.1, 0.15) is 20.8 Å². The van der Waals surface area contributed by atoms with Crippen molar-refractivity contribution in [3.8, 4) is 0 Å². The maximum atomic E-state index is 12.9. The van der Waals surface area contributed by atoms with Crippen molar-refractivity contribution in [2.75, 3.05) is 25.1 Å². The summed E-state index contributed by atoms with van der Waals surface area (Å²) < 4.78 is 28.0. The first-order chi connectivity index (χ1) is 11.9. The third-order valence-corrected chi connectivity index (χ3v) is 5.27. The molecule has 1 aromatic rings. The summed E-state index contributed by atoms with van der Waals surface area (Å²) in [5.41, 5.74) is 0.437. The molecule has 1 atom stereocenters. The number of nitrogens with one attached hydrogen (secondary N) is 2. The molecule has 0 aliphatic heterocycles. The van der Waals surface area contributed by atoms with E-state index in [2.05, 4.69) is 10.6 Å². The van der Waals surface area contributed by atoms with E-state index in [1.54, 1.807) is 45.0 Å². The zero-order chi connectivity index (χ0) is 18.9. The number of carbonyl (C=O) groups excluding carboxylic acids is 2. The third-order valence-electron chi connectivity index (χ3n) is 2.81. The fraction of sp³-hybridized carbons (Fsp3) is 0.467. The van der Waals surface area contributed by atoms with Crippen LogP contribution in [0.25, 0.3) is 0 Å². The molecule has 2 amide bonds. The Balaban J connectivity index is 2.95. The van der Waals surface area contributed by atoms with E-state index in [1.165, 1.54) is 0 Å². The Morgan fingerprint density at radius 2 is 1.64 bits per heavy atom. The molecule has 1 aromatic carbocycles. The predicted molar refractivity (Wildman–Crippen MR) is 94.9 cm³/mol. The van der Waals surface area contributed by atoms with E-state index in [0.717, 1.165) is 0 Å². The molecule has 0 radical (unpaired) electrons. The Hall–Kier alpha value is -1.60. The van der Waals surface area contributed by atoms with Crippen LogP contribution in [0.3, 0.4) is 0 Å². The summed E-state index contributed by atoms with van der Waals surface area (Å²) in [5, 5.41) is 5.32.